The van der Waals surface area contributed by atoms with E-state index in [-0.39, 0.29) is 5.54 Å². The molecule has 114 valence electrons. The highest BCUT2D eigenvalue weighted by Gasteiger charge is 2.14. The zero-order valence-corrected chi connectivity index (χ0v) is 13.5. The van der Waals surface area contributed by atoms with Crippen molar-refractivity contribution in [3.8, 4) is 0 Å². The molecule has 2 aromatic rings. The van der Waals surface area contributed by atoms with Gasteiger partial charge in [0.25, 0.3) is 0 Å². The van der Waals surface area contributed by atoms with Crippen LogP contribution >= 0.6 is 0 Å². The quantitative estimate of drug-likeness (QED) is 0.828. The first-order valence-electron chi connectivity index (χ1n) is 7.64. The van der Waals surface area contributed by atoms with Gasteiger partial charge in [-0.05, 0) is 45.2 Å². The van der Waals surface area contributed by atoms with Crippen molar-refractivity contribution in [2.24, 2.45) is 0 Å². The molecule has 0 radical (unpaired) electrons. The minimum Gasteiger partial charge on any atom is -0.311 e. The summed E-state index contributed by atoms with van der Waals surface area (Å²) in [7, 11) is 0. The smallest absolute Gasteiger partial charge is 0.0965 e. The van der Waals surface area contributed by atoms with Crippen LogP contribution in [0.25, 0.3) is 0 Å². The molecule has 21 heavy (non-hydrogen) atoms. The highest BCUT2D eigenvalue weighted by Crippen LogP contribution is 2.17. The number of hydrogen-bond acceptors (Lipinski definition) is 3. The summed E-state index contributed by atoms with van der Waals surface area (Å²) in [6.07, 6.45) is 3.14. The lowest BCUT2D eigenvalue weighted by Gasteiger charge is -2.17. The molecule has 4 nitrogen and oxygen atoms in total. The fraction of sp³-hybridized carbons (Fsp3) is 0.529. The molecule has 0 bridgehead atoms. The van der Waals surface area contributed by atoms with Crippen LogP contribution in [0.15, 0.2) is 36.5 Å². The Balaban J connectivity index is 1.74. The van der Waals surface area contributed by atoms with Crippen LogP contribution in [0.5, 0.6) is 0 Å². The van der Waals surface area contributed by atoms with Crippen molar-refractivity contribution >= 4 is 0 Å². The lowest BCUT2D eigenvalue weighted by molar-refractivity contribution is 0.347. The molecule has 2 rings (SSSR count). The lowest BCUT2D eigenvalue weighted by atomic mass is 9.98. The van der Waals surface area contributed by atoms with Gasteiger partial charge in [-0.15, -0.1) is 5.10 Å². The number of benzene rings is 1. The van der Waals surface area contributed by atoms with Crippen molar-refractivity contribution in [1.82, 2.24) is 20.3 Å². The third-order valence-corrected chi connectivity index (χ3v) is 3.66. The predicted octanol–water partition coefficient (Wildman–Crippen LogP) is 3.32. The fourth-order valence-electron chi connectivity index (χ4n) is 2.19. The molecule has 0 amide bonds. The van der Waals surface area contributed by atoms with Crippen LogP contribution in [0.4, 0.5) is 0 Å². The van der Waals surface area contributed by atoms with E-state index in [4.69, 9.17) is 0 Å². The predicted molar refractivity (Wildman–Crippen MR) is 86.2 cm³/mol. The van der Waals surface area contributed by atoms with Crippen LogP contribution in [0.2, 0.25) is 0 Å². The average Bonchev–Trinajstić information content (AvgIpc) is 2.93. The van der Waals surface area contributed by atoms with Crippen LogP contribution in [0.1, 0.15) is 51.3 Å². The summed E-state index contributed by atoms with van der Waals surface area (Å²) in [5, 5.41) is 11.8. The van der Waals surface area contributed by atoms with Crippen molar-refractivity contribution < 1.29 is 0 Å². The van der Waals surface area contributed by atoms with Crippen LogP contribution in [-0.4, -0.2) is 21.5 Å². The molecule has 1 aromatic carbocycles. The molecule has 0 fully saturated rings. The van der Waals surface area contributed by atoms with Crippen LogP contribution in [0, 0.1) is 0 Å². The second-order valence-electron chi connectivity index (χ2n) is 6.60. The third-order valence-electron chi connectivity index (χ3n) is 3.66. The van der Waals surface area contributed by atoms with E-state index in [1.54, 1.807) is 0 Å². The Morgan fingerprint density at radius 1 is 1.19 bits per heavy atom. The van der Waals surface area contributed by atoms with Crippen molar-refractivity contribution in [3.05, 3.63) is 47.8 Å². The third kappa shape index (κ3) is 4.67. The van der Waals surface area contributed by atoms with Gasteiger partial charge in [0.15, 0.2) is 0 Å². The molecule has 0 spiro atoms. The molecule has 0 aliphatic heterocycles. The van der Waals surface area contributed by atoms with Crippen molar-refractivity contribution in [1.29, 1.82) is 0 Å². The van der Waals surface area contributed by atoms with Crippen LogP contribution in [-0.2, 0) is 12.1 Å². The number of nitrogens with zero attached hydrogens (tertiary/aromatic N) is 3. The Labute approximate surface area is 127 Å². The highest BCUT2D eigenvalue weighted by molar-refractivity contribution is 5.18. The minimum atomic E-state index is -0.00687. The fourth-order valence-corrected chi connectivity index (χ4v) is 2.19. The topological polar surface area (TPSA) is 42.7 Å². The van der Waals surface area contributed by atoms with Gasteiger partial charge in [-0.1, -0.05) is 42.5 Å². The molecule has 0 saturated heterocycles. The maximum absolute atomic E-state index is 4.21. The molecule has 4 heteroatoms. The van der Waals surface area contributed by atoms with Gasteiger partial charge in [0.2, 0.25) is 0 Å². The first-order valence-corrected chi connectivity index (χ1v) is 7.64. The second kappa shape index (κ2) is 6.85. The van der Waals surface area contributed by atoms with E-state index in [2.05, 4.69) is 73.7 Å². The maximum Gasteiger partial charge on any atom is 0.0965 e. The standard InChI is InChI=1S/C17H26N4/c1-14(15-8-6-5-7-9-15)10-11-18-12-16-13-21(20-19-16)17(2,3)4/h5-9,13-14,18H,10-12H2,1-4H3. The Morgan fingerprint density at radius 3 is 2.52 bits per heavy atom. The summed E-state index contributed by atoms with van der Waals surface area (Å²) < 4.78 is 1.91. The van der Waals surface area contributed by atoms with Crippen molar-refractivity contribution in [3.63, 3.8) is 0 Å². The molecule has 1 N–H and O–H groups in total. The van der Waals surface area contributed by atoms with E-state index in [9.17, 15) is 0 Å². The van der Waals surface area contributed by atoms with E-state index in [1.807, 2.05) is 10.9 Å². The Morgan fingerprint density at radius 2 is 1.90 bits per heavy atom. The molecule has 1 aromatic heterocycles. The Bertz CT molecular complexity index is 539. The van der Waals surface area contributed by atoms with Crippen LogP contribution < -0.4 is 5.32 Å². The molecule has 1 unspecified atom stereocenters. The van der Waals surface area contributed by atoms with Gasteiger partial charge in [-0.2, -0.15) is 0 Å². The maximum atomic E-state index is 4.21. The number of aromatic nitrogens is 3. The van der Waals surface area contributed by atoms with Gasteiger partial charge in [-0.3, -0.25) is 0 Å². The molecular weight excluding hydrogens is 260 g/mol. The number of rotatable bonds is 6. The zero-order chi connectivity index (χ0) is 15.3. The molecule has 0 aliphatic carbocycles. The van der Waals surface area contributed by atoms with Gasteiger partial charge < -0.3 is 5.32 Å². The van der Waals surface area contributed by atoms with E-state index in [0.717, 1.165) is 25.2 Å². The van der Waals surface area contributed by atoms with Gasteiger partial charge in [0.1, 0.15) is 0 Å². The van der Waals surface area contributed by atoms with Gasteiger partial charge in [0, 0.05) is 6.54 Å². The summed E-state index contributed by atoms with van der Waals surface area (Å²) in [5.74, 6) is 0.573. The summed E-state index contributed by atoms with van der Waals surface area (Å²) >= 11 is 0. The largest absolute Gasteiger partial charge is 0.311 e. The summed E-state index contributed by atoms with van der Waals surface area (Å²) in [6, 6.07) is 10.7. The zero-order valence-electron chi connectivity index (χ0n) is 13.5. The first kappa shape index (κ1) is 15.7. The monoisotopic (exact) mass is 286 g/mol. The van der Waals surface area contributed by atoms with Crippen molar-refractivity contribution in [2.75, 3.05) is 6.54 Å². The van der Waals surface area contributed by atoms with Gasteiger partial charge >= 0.3 is 0 Å². The Kier molecular flexibility index (Phi) is 5.12. The number of nitrogens with one attached hydrogen (secondary N) is 1. The minimum absolute atomic E-state index is 0.00687. The van der Waals surface area contributed by atoms with Gasteiger partial charge in [-0.25, -0.2) is 4.68 Å². The van der Waals surface area contributed by atoms with E-state index in [1.165, 1.54) is 5.56 Å². The summed E-state index contributed by atoms with van der Waals surface area (Å²) in [4.78, 5) is 0. The highest BCUT2D eigenvalue weighted by atomic mass is 15.4. The average molecular weight is 286 g/mol. The lowest BCUT2D eigenvalue weighted by Crippen LogP contribution is -2.22. The number of hydrogen-bond donors (Lipinski definition) is 1. The van der Waals surface area contributed by atoms with Gasteiger partial charge in [0.05, 0.1) is 17.4 Å². The molecular formula is C17H26N4. The van der Waals surface area contributed by atoms with E-state index >= 15 is 0 Å². The molecule has 1 atom stereocenters. The SMILES string of the molecule is CC(CCNCc1cn(C(C)(C)C)nn1)c1ccccc1. The Hall–Kier alpha value is -1.68. The summed E-state index contributed by atoms with van der Waals surface area (Å²) in [6.45, 7) is 10.4. The van der Waals surface area contributed by atoms with Crippen LogP contribution in [0.3, 0.4) is 0 Å². The molecule has 0 aliphatic rings. The van der Waals surface area contributed by atoms with E-state index in [0.29, 0.717) is 5.92 Å². The molecule has 0 saturated carbocycles. The normalized spacial score (nSPS) is 13.3. The van der Waals surface area contributed by atoms with Crippen molar-refractivity contribution in [2.45, 2.75) is 52.1 Å². The second-order valence-corrected chi connectivity index (χ2v) is 6.60. The molecule has 1 heterocycles. The van der Waals surface area contributed by atoms with E-state index < -0.39 is 0 Å². The first-order chi connectivity index (χ1) is 9.97. The summed E-state index contributed by atoms with van der Waals surface area (Å²) in [5.41, 5.74) is 2.39.